The first-order valence-electron chi connectivity index (χ1n) is 2.83. The first-order chi connectivity index (χ1) is 4.12. The summed E-state index contributed by atoms with van der Waals surface area (Å²) < 4.78 is 24.4. The maximum absolute atomic E-state index is 12.2. The third-order valence-electron chi connectivity index (χ3n) is 1.11. The highest BCUT2D eigenvalue weighted by atomic mass is 19.3. The molecule has 0 radical (unpaired) electrons. The summed E-state index contributed by atoms with van der Waals surface area (Å²) in [6.45, 7) is 7.60. The second-order valence-corrected chi connectivity index (χ2v) is 1.84. The van der Waals surface area contributed by atoms with Gasteiger partial charge in [-0.2, -0.15) is 0 Å². The molecule has 9 heavy (non-hydrogen) atoms. The van der Waals surface area contributed by atoms with Crippen LogP contribution in [0.1, 0.15) is 19.8 Å². The molecule has 1 nitrogen and oxygen atoms in total. The van der Waals surface area contributed by atoms with Crippen molar-refractivity contribution in [3.05, 3.63) is 11.4 Å². The van der Waals surface area contributed by atoms with Crippen molar-refractivity contribution in [2.24, 2.45) is 0 Å². The largest absolute Gasteiger partial charge is 0.317 e. The molecule has 0 bridgehead atoms. The lowest BCUT2D eigenvalue weighted by molar-refractivity contribution is -0.00707. The summed E-state index contributed by atoms with van der Waals surface area (Å²) in [5.41, 5.74) is 0. The summed E-state index contributed by atoms with van der Waals surface area (Å²) in [5, 5.41) is 0. The Bertz CT molecular complexity index is 115. The fraction of sp³-hybridized carbons (Fsp3) is 0.833. The summed E-state index contributed by atoms with van der Waals surface area (Å²) >= 11 is 0. The number of halogens is 2. The molecule has 0 aliphatic rings. The monoisotopic (exact) mass is 133 g/mol. The molecule has 52 valence electrons. The van der Waals surface area contributed by atoms with Crippen LogP contribution in [0, 0.1) is 6.57 Å². The van der Waals surface area contributed by atoms with Crippen molar-refractivity contribution in [1.29, 1.82) is 0 Å². The van der Waals surface area contributed by atoms with E-state index in [-0.39, 0.29) is 19.4 Å². The van der Waals surface area contributed by atoms with E-state index in [0.717, 1.165) is 0 Å². The fourth-order valence-electron chi connectivity index (χ4n) is 0.396. The van der Waals surface area contributed by atoms with Gasteiger partial charge in [-0.05, 0) is 0 Å². The molecule has 0 rings (SSSR count). The molecule has 0 atom stereocenters. The SMILES string of the molecule is [C-]#[N+]CCC(F)(F)CC. The molecule has 0 aromatic rings. The standard InChI is InChI=1S/C6H9F2N/c1-3-6(7,8)4-5-9-2/h3-5H2,1H3. The number of nitrogens with zero attached hydrogens (tertiary/aromatic N) is 1. The van der Waals surface area contributed by atoms with Crippen LogP contribution in [-0.2, 0) is 0 Å². The minimum absolute atomic E-state index is 0.0686. The van der Waals surface area contributed by atoms with Crippen LogP contribution in [0.4, 0.5) is 8.78 Å². The van der Waals surface area contributed by atoms with E-state index in [2.05, 4.69) is 4.85 Å². The summed E-state index contributed by atoms with van der Waals surface area (Å²) in [7, 11) is 0. The minimum atomic E-state index is -2.62. The maximum Gasteiger partial charge on any atom is 0.255 e. The van der Waals surface area contributed by atoms with E-state index < -0.39 is 5.92 Å². The summed E-state index contributed by atoms with van der Waals surface area (Å²) in [5.74, 6) is -2.62. The molecular weight excluding hydrogens is 124 g/mol. The van der Waals surface area contributed by atoms with Gasteiger partial charge in [0.15, 0.2) is 0 Å². The van der Waals surface area contributed by atoms with Crippen LogP contribution in [0.25, 0.3) is 4.85 Å². The van der Waals surface area contributed by atoms with Crippen molar-refractivity contribution in [1.82, 2.24) is 0 Å². The molecule has 0 fully saturated rings. The van der Waals surface area contributed by atoms with Crippen molar-refractivity contribution >= 4 is 0 Å². The normalized spacial score (nSPS) is 10.9. The van der Waals surface area contributed by atoms with Crippen LogP contribution in [0.2, 0.25) is 0 Å². The molecule has 0 saturated carbocycles. The lowest BCUT2D eigenvalue weighted by Crippen LogP contribution is -2.14. The third-order valence-corrected chi connectivity index (χ3v) is 1.11. The van der Waals surface area contributed by atoms with Gasteiger partial charge >= 0.3 is 0 Å². The quantitative estimate of drug-likeness (QED) is 0.520. The molecular formula is C6H9F2N. The van der Waals surface area contributed by atoms with E-state index >= 15 is 0 Å². The lowest BCUT2D eigenvalue weighted by atomic mass is 10.2. The van der Waals surface area contributed by atoms with Crippen LogP contribution in [-0.4, -0.2) is 12.5 Å². The number of hydrogen-bond donors (Lipinski definition) is 0. The van der Waals surface area contributed by atoms with Crippen molar-refractivity contribution in [2.45, 2.75) is 25.7 Å². The van der Waals surface area contributed by atoms with Crippen LogP contribution in [0.5, 0.6) is 0 Å². The van der Waals surface area contributed by atoms with Crippen LogP contribution in [0.3, 0.4) is 0 Å². The van der Waals surface area contributed by atoms with E-state index in [1.54, 1.807) is 0 Å². The molecule has 0 N–H and O–H groups in total. The van der Waals surface area contributed by atoms with Crippen molar-refractivity contribution in [3.63, 3.8) is 0 Å². The fourth-order valence-corrected chi connectivity index (χ4v) is 0.396. The van der Waals surface area contributed by atoms with Crippen molar-refractivity contribution in [2.75, 3.05) is 6.54 Å². The van der Waals surface area contributed by atoms with Gasteiger partial charge < -0.3 is 4.85 Å². The van der Waals surface area contributed by atoms with E-state index in [1.165, 1.54) is 6.92 Å². The highest BCUT2D eigenvalue weighted by Crippen LogP contribution is 2.21. The Labute approximate surface area is 53.5 Å². The highest BCUT2D eigenvalue weighted by molar-refractivity contribution is 4.69. The summed E-state index contributed by atoms with van der Waals surface area (Å²) in [4.78, 5) is 2.84. The minimum Gasteiger partial charge on any atom is -0.317 e. The molecule has 0 aromatic heterocycles. The van der Waals surface area contributed by atoms with Gasteiger partial charge in [0.1, 0.15) is 0 Å². The Morgan fingerprint density at radius 1 is 1.56 bits per heavy atom. The Balaban J connectivity index is 3.48. The molecule has 0 aromatic carbocycles. The van der Waals surface area contributed by atoms with E-state index in [1.807, 2.05) is 0 Å². The van der Waals surface area contributed by atoms with Crippen molar-refractivity contribution in [3.8, 4) is 0 Å². The molecule has 0 aliphatic heterocycles. The predicted octanol–water partition coefficient (Wildman–Crippen LogP) is 2.34. The van der Waals surface area contributed by atoms with E-state index in [9.17, 15) is 8.78 Å². The van der Waals surface area contributed by atoms with Gasteiger partial charge in [-0.25, -0.2) is 15.4 Å². The Kier molecular flexibility index (Phi) is 3.15. The zero-order chi connectivity index (χ0) is 7.33. The van der Waals surface area contributed by atoms with Crippen LogP contribution < -0.4 is 0 Å². The first kappa shape index (κ1) is 8.35. The van der Waals surface area contributed by atoms with E-state index in [0.29, 0.717) is 0 Å². The van der Waals surface area contributed by atoms with Gasteiger partial charge in [0.05, 0.1) is 6.42 Å². The molecule has 0 unspecified atom stereocenters. The first-order valence-corrected chi connectivity index (χ1v) is 2.83. The Morgan fingerprint density at radius 2 is 2.11 bits per heavy atom. The van der Waals surface area contributed by atoms with Gasteiger partial charge in [-0.3, -0.25) is 0 Å². The topological polar surface area (TPSA) is 4.36 Å². The maximum atomic E-state index is 12.2. The Morgan fingerprint density at radius 3 is 2.44 bits per heavy atom. The number of rotatable bonds is 3. The molecule has 0 amide bonds. The molecule has 0 heterocycles. The summed E-state index contributed by atoms with van der Waals surface area (Å²) in [6, 6.07) is 0. The molecule has 3 heteroatoms. The third kappa shape index (κ3) is 3.89. The van der Waals surface area contributed by atoms with E-state index in [4.69, 9.17) is 6.57 Å². The number of hydrogen-bond acceptors (Lipinski definition) is 0. The average molecular weight is 133 g/mol. The van der Waals surface area contributed by atoms with Crippen LogP contribution >= 0.6 is 0 Å². The second-order valence-electron chi connectivity index (χ2n) is 1.84. The second kappa shape index (κ2) is 3.39. The van der Waals surface area contributed by atoms with Gasteiger partial charge in [-0.15, -0.1) is 0 Å². The van der Waals surface area contributed by atoms with Gasteiger partial charge in [-0.1, -0.05) is 6.92 Å². The smallest absolute Gasteiger partial charge is 0.255 e. The van der Waals surface area contributed by atoms with Crippen molar-refractivity contribution < 1.29 is 8.78 Å². The average Bonchev–Trinajstić information content (AvgIpc) is 1.84. The zero-order valence-corrected chi connectivity index (χ0v) is 5.32. The van der Waals surface area contributed by atoms with Crippen LogP contribution in [0.15, 0.2) is 0 Å². The van der Waals surface area contributed by atoms with Gasteiger partial charge in [0.25, 0.3) is 5.92 Å². The summed E-state index contributed by atoms with van der Waals surface area (Å²) in [6.07, 6.45) is -0.463. The molecule has 0 aliphatic carbocycles. The zero-order valence-electron chi connectivity index (χ0n) is 5.32. The molecule has 0 spiro atoms. The molecule has 0 saturated heterocycles. The van der Waals surface area contributed by atoms with Gasteiger partial charge in [0, 0.05) is 6.42 Å². The number of alkyl halides is 2. The Hall–Kier alpha value is -0.650. The highest BCUT2D eigenvalue weighted by Gasteiger charge is 2.26. The predicted molar refractivity (Wildman–Crippen MR) is 31.3 cm³/mol. The lowest BCUT2D eigenvalue weighted by Gasteiger charge is -2.08. The van der Waals surface area contributed by atoms with Gasteiger partial charge in [0.2, 0.25) is 6.54 Å².